The zero-order chi connectivity index (χ0) is 6.91. The second-order valence-corrected chi connectivity index (χ2v) is 1.28. The largest absolute Gasteiger partial charge is 0.418 e. The number of aliphatic hydroxyl groups is 1. The number of H-pyrrole nitrogens is 1. The smallest absolute Gasteiger partial charge is 0.330 e. The molecule has 0 saturated heterocycles. The first-order valence-corrected chi connectivity index (χ1v) is 1.95. The van der Waals surface area contributed by atoms with Gasteiger partial charge in [0.15, 0.2) is 0 Å². The molecule has 0 aliphatic carbocycles. The summed E-state index contributed by atoms with van der Waals surface area (Å²) in [4.78, 5) is 0. The first-order chi connectivity index (χ1) is 4.11. The SMILES string of the molecule is OC(F)(F)c1nn[nH]n1. The van der Waals surface area contributed by atoms with Gasteiger partial charge in [-0.15, -0.1) is 10.2 Å². The Morgan fingerprint density at radius 1 is 1.56 bits per heavy atom. The Balaban J connectivity index is 2.90. The van der Waals surface area contributed by atoms with E-state index in [1.165, 1.54) is 0 Å². The lowest BCUT2D eigenvalue weighted by Crippen LogP contribution is -2.13. The van der Waals surface area contributed by atoms with Crippen molar-refractivity contribution >= 4 is 0 Å². The van der Waals surface area contributed by atoms with E-state index in [1.807, 2.05) is 0 Å². The van der Waals surface area contributed by atoms with Gasteiger partial charge in [0.25, 0.3) is 5.82 Å². The Morgan fingerprint density at radius 3 is 2.44 bits per heavy atom. The molecule has 0 bridgehead atoms. The molecule has 0 aliphatic heterocycles. The lowest BCUT2D eigenvalue weighted by molar-refractivity contribution is -0.215. The van der Waals surface area contributed by atoms with Gasteiger partial charge in [-0.25, -0.2) is 0 Å². The van der Waals surface area contributed by atoms with Crippen molar-refractivity contribution in [2.24, 2.45) is 0 Å². The Bertz CT molecular complexity index is 179. The van der Waals surface area contributed by atoms with Crippen LogP contribution in [-0.4, -0.2) is 25.7 Å². The molecule has 2 N–H and O–H groups in total. The molecule has 0 unspecified atom stereocenters. The van der Waals surface area contributed by atoms with E-state index < -0.39 is 11.9 Å². The van der Waals surface area contributed by atoms with Crippen LogP contribution in [0.5, 0.6) is 0 Å². The molecule has 0 radical (unpaired) electrons. The van der Waals surface area contributed by atoms with E-state index in [1.54, 1.807) is 5.21 Å². The van der Waals surface area contributed by atoms with Crippen molar-refractivity contribution in [3.8, 4) is 0 Å². The van der Waals surface area contributed by atoms with Crippen LogP contribution in [0.3, 0.4) is 0 Å². The lowest BCUT2D eigenvalue weighted by Gasteiger charge is -1.98. The molecule has 7 heteroatoms. The summed E-state index contributed by atoms with van der Waals surface area (Å²) in [6.45, 7) is 0. The molecule has 0 saturated carbocycles. The van der Waals surface area contributed by atoms with E-state index in [4.69, 9.17) is 5.11 Å². The van der Waals surface area contributed by atoms with Gasteiger partial charge in [0.05, 0.1) is 0 Å². The van der Waals surface area contributed by atoms with Gasteiger partial charge in [0.2, 0.25) is 0 Å². The van der Waals surface area contributed by atoms with Gasteiger partial charge in [0.1, 0.15) is 0 Å². The van der Waals surface area contributed by atoms with Crippen LogP contribution in [-0.2, 0) is 6.11 Å². The third-order valence-electron chi connectivity index (χ3n) is 0.614. The minimum absolute atomic E-state index is 1.03. The highest BCUT2D eigenvalue weighted by molar-refractivity contribution is 4.81. The number of tetrazole rings is 1. The number of aromatic amines is 1. The van der Waals surface area contributed by atoms with E-state index in [0.717, 1.165) is 0 Å². The van der Waals surface area contributed by atoms with Crippen LogP contribution in [0.2, 0.25) is 0 Å². The van der Waals surface area contributed by atoms with Crippen LogP contribution in [0.25, 0.3) is 0 Å². The van der Waals surface area contributed by atoms with Gasteiger partial charge < -0.3 is 5.11 Å². The standard InChI is InChI=1S/C2H2F2N4O/c3-2(4,9)1-5-7-8-6-1/h9H,(H,5,6,7,8). The average molecular weight is 136 g/mol. The summed E-state index contributed by atoms with van der Waals surface area (Å²) in [5, 5.41) is 18.1. The monoisotopic (exact) mass is 136 g/mol. The van der Waals surface area contributed by atoms with Crippen LogP contribution < -0.4 is 0 Å². The highest BCUT2D eigenvalue weighted by Gasteiger charge is 2.32. The summed E-state index contributed by atoms with van der Waals surface area (Å²) in [6, 6.07) is 0. The fraction of sp³-hybridized carbons (Fsp3) is 0.500. The number of rotatable bonds is 1. The third kappa shape index (κ3) is 1.17. The average Bonchev–Trinajstić information content (AvgIpc) is 2.08. The van der Waals surface area contributed by atoms with Gasteiger partial charge in [-0.1, -0.05) is 0 Å². The van der Waals surface area contributed by atoms with Crippen molar-refractivity contribution in [1.82, 2.24) is 20.6 Å². The topological polar surface area (TPSA) is 74.7 Å². The zero-order valence-corrected chi connectivity index (χ0v) is 4.04. The molecule has 9 heavy (non-hydrogen) atoms. The maximum absolute atomic E-state index is 11.7. The number of alkyl halides is 2. The number of hydrogen-bond donors (Lipinski definition) is 2. The Morgan fingerprint density at radius 2 is 2.22 bits per heavy atom. The van der Waals surface area contributed by atoms with Crippen molar-refractivity contribution < 1.29 is 13.9 Å². The highest BCUT2D eigenvalue weighted by Crippen LogP contribution is 2.17. The lowest BCUT2D eigenvalue weighted by atomic mass is 10.6. The van der Waals surface area contributed by atoms with E-state index >= 15 is 0 Å². The molecule has 1 aromatic heterocycles. The molecule has 1 heterocycles. The second kappa shape index (κ2) is 1.69. The fourth-order valence-corrected chi connectivity index (χ4v) is 0.289. The molecular formula is C2H2F2N4O. The van der Waals surface area contributed by atoms with Crippen LogP contribution >= 0.6 is 0 Å². The van der Waals surface area contributed by atoms with Crippen molar-refractivity contribution in [1.29, 1.82) is 0 Å². The zero-order valence-electron chi connectivity index (χ0n) is 4.04. The predicted molar refractivity (Wildman–Crippen MR) is 20.3 cm³/mol. The van der Waals surface area contributed by atoms with E-state index in [2.05, 4.69) is 15.4 Å². The summed E-state index contributed by atoms with van der Waals surface area (Å²) < 4.78 is 23.3. The molecule has 5 nitrogen and oxygen atoms in total. The third-order valence-corrected chi connectivity index (χ3v) is 0.614. The molecule has 50 valence electrons. The summed E-state index contributed by atoms with van der Waals surface area (Å²) in [7, 11) is 0. The first kappa shape index (κ1) is 6.02. The van der Waals surface area contributed by atoms with Gasteiger partial charge in [0, 0.05) is 0 Å². The summed E-state index contributed by atoms with van der Waals surface area (Å²) in [5.41, 5.74) is 0. The van der Waals surface area contributed by atoms with Crippen LogP contribution in [0, 0.1) is 0 Å². The maximum atomic E-state index is 11.7. The van der Waals surface area contributed by atoms with Crippen molar-refractivity contribution in [3.05, 3.63) is 5.82 Å². The van der Waals surface area contributed by atoms with Gasteiger partial charge >= 0.3 is 6.11 Å². The number of nitrogens with zero attached hydrogens (tertiary/aromatic N) is 3. The Kier molecular flexibility index (Phi) is 1.13. The van der Waals surface area contributed by atoms with Crippen LogP contribution in [0.1, 0.15) is 5.82 Å². The summed E-state index contributed by atoms with van der Waals surface area (Å²) in [6.07, 6.45) is -3.99. The first-order valence-electron chi connectivity index (χ1n) is 1.95. The molecule has 0 aliphatic rings. The molecular weight excluding hydrogens is 134 g/mol. The number of halogens is 2. The van der Waals surface area contributed by atoms with Crippen LogP contribution in [0.4, 0.5) is 8.78 Å². The van der Waals surface area contributed by atoms with Gasteiger partial charge in [-0.05, 0) is 5.21 Å². The predicted octanol–water partition coefficient (Wildman–Crippen LogP) is -0.759. The highest BCUT2D eigenvalue weighted by atomic mass is 19.3. The Hall–Kier alpha value is -1.11. The number of aromatic nitrogens is 4. The molecule has 1 rings (SSSR count). The van der Waals surface area contributed by atoms with Gasteiger partial charge in [-0.2, -0.15) is 14.0 Å². The second-order valence-electron chi connectivity index (χ2n) is 1.28. The molecule has 0 amide bonds. The van der Waals surface area contributed by atoms with Gasteiger partial charge in [-0.3, -0.25) is 0 Å². The number of nitrogens with one attached hydrogen (secondary N) is 1. The molecule has 0 atom stereocenters. The van der Waals surface area contributed by atoms with Crippen molar-refractivity contribution in [2.45, 2.75) is 6.11 Å². The molecule has 0 spiro atoms. The normalized spacial score (nSPS) is 11.9. The van der Waals surface area contributed by atoms with E-state index in [9.17, 15) is 8.78 Å². The maximum Gasteiger partial charge on any atom is 0.418 e. The van der Waals surface area contributed by atoms with Crippen LogP contribution in [0.15, 0.2) is 0 Å². The van der Waals surface area contributed by atoms with Crippen molar-refractivity contribution in [3.63, 3.8) is 0 Å². The Labute approximate surface area is 47.7 Å². The summed E-state index contributed by atoms with van der Waals surface area (Å²) in [5.74, 6) is -1.03. The fourth-order valence-electron chi connectivity index (χ4n) is 0.289. The minimum atomic E-state index is -3.99. The summed E-state index contributed by atoms with van der Waals surface area (Å²) >= 11 is 0. The quantitative estimate of drug-likeness (QED) is 0.532. The molecule has 1 aromatic rings. The minimum Gasteiger partial charge on any atom is -0.330 e. The van der Waals surface area contributed by atoms with E-state index in [0.29, 0.717) is 0 Å². The number of hydrogen-bond acceptors (Lipinski definition) is 4. The van der Waals surface area contributed by atoms with Crippen molar-refractivity contribution in [2.75, 3.05) is 0 Å². The van der Waals surface area contributed by atoms with E-state index in [-0.39, 0.29) is 0 Å². The molecule has 0 fully saturated rings. The molecule has 0 aromatic carbocycles.